The highest BCUT2D eigenvalue weighted by Gasteiger charge is 2.34. The number of nitrogens with zero attached hydrogens (tertiary/aromatic N) is 3. The zero-order valence-corrected chi connectivity index (χ0v) is 14.1. The number of halogens is 3. The molecule has 1 N–H and O–H groups in total. The van der Waals surface area contributed by atoms with E-state index >= 15 is 0 Å². The fourth-order valence-electron chi connectivity index (χ4n) is 3.25. The Kier molecular flexibility index (Phi) is 4.64. The Morgan fingerprint density at radius 1 is 1.35 bits per heavy atom. The van der Waals surface area contributed by atoms with Crippen molar-refractivity contribution in [3.8, 4) is 0 Å². The zero-order valence-electron chi connectivity index (χ0n) is 14.1. The van der Waals surface area contributed by atoms with Crippen LogP contribution in [0, 0.1) is 5.92 Å². The number of aliphatic carboxylic acids is 1. The largest absolute Gasteiger partial charge is 0.481 e. The number of aryl methyl sites for hydroxylation is 1. The van der Waals surface area contributed by atoms with Crippen molar-refractivity contribution >= 4 is 17.5 Å². The maximum atomic E-state index is 13.0. The minimum atomic E-state index is -4.54. The van der Waals surface area contributed by atoms with E-state index in [0.717, 1.165) is 16.7 Å². The smallest absolute Gasteiger partial charge is 0.417 e. The Morgan fingerprint density at radius 2 is 2.08 bits per heavy atom. The van der Waals surface area contributed by atoms with Crippen molar-refractivity contribution in [3.63, 3.8) is 0 Å². The summed E-state index contributed by atoms with van der Waals surface area (Å²) in [5.41, 5.74) is -0.155. The summed E-state index contributed by atoms with van der Waals surface area (Å²) in [6.45, 7) is 2.18. The maximum Gasteiger partial charge on any atom is 0.417 e. The normalized spacial score (nSPS) is 18.3. The molecular weight excluding hydrogens is 351 g/mol. The minimum absolute atomic E-state index is 0.0452. The molecule has 3 rings (SSSR count). The highest BCUT2D eigenvalue weighted by atomic mass is 19.4. The molecule has 0 aromatic carbocycles. The van der Waals surface area contributed by atoms with Crippen LogP contribution in [0.2, 0.25) is 0 Å². The molecule has 6 nitrogen and oxygen atoms in total. The Balaban J connectivity index is 2.04. The lowest BCUT2D eigenvalue weighted by molar-refractivity contribution is -0.143. The second-order valence-electron chi connectivity index (χ2n) is 6.33. The number of fused-ring (bicyclic) bond motifs is 1. The zero-order chi connectivity index (χ0) is 19.1. The molecule has 2 aromatic rings. The van der Waals surface area contributed by atoms with E-state index in [1.54, 1.807) is 6.92 Å². The van der Waals surface area contributed by atoms with E-state index in [1.165, 1.54) is 11.0 Å². The maximum absolute atomic E-state index is 13.0. The number of hydrogen-bond acceptors (Lipinski definition) is 3. The number of rotatable bonds is 3. The van der Waals surface area contributed by atoms with Crippen LogP contribution in [0.15, 0.2) is 18.3 Å². The van der Waals surface area contributed by atoms with Crippen LogP contribution in [0.3, 0.4) is 0 Å². The van der Waals surface area contributed by atoms with Gasteiger partial charge in [0.15, 0.2) is 0 Å². The van der Waals surface area contributed by atoms with Crippen LogP contribution in [0.25, 0.3) is 5.65 Å². The first-order valence-corrected chi connectivity index (χ1v) is 8.32. The van der Waals surface area contributed by atoms with Gasteiger partial charge in [0.2, 0.25) is 0 Å². The van der Waals surface area contributed by atoms with E-state index < -0.39 is 29.5 Å². The fraction of sp³-hybridized carbons (Fsp3) is 0.471. The third-order valence-electron chi connectivity index (χ3n) is 4.61. The highest BCUT2D eigenvalue weighted by Crippen LogP contribution is 2.30. The summed E-state index contributed by atoms with van der Waals surface area (Å²) in [5.74, 6) is -2.13. The van der Waals surface area contributed by atoms with Gasteiger partial charge in [-0.05, 0) is 31.4 Å². The van der Waals surface area contributed by atoms with Gasteiger partial charge in [-0.2, -0.15) is 13.2 Å². The Morgan fingerprint density at radius 3 is 2.69 bits per heavy atom. The molecule has 0 bridgehead atoms. The summed E-state index contributed by atoms with van der Waals surface area (Å²) < 4.78 is 40.3. The standard InChI is InChI=1S/C17H18F3N3O3/c1-2-12-14(15(24)22-7-3-4-10(8-22)16(25)26)23-9-11(17(18,19)20)5-6-13(23)21-12/h5-6,9-10H,2-4,7-8H2,1H3,(H,25,26). The second kappa shape index (κ2) is 6.62. The Hall–Kier alpha value is -2.58. The first-order valence-electron chi connectivity index (χ1n) is 8.32. The highest BCUT2D eigenvalue weighted by molar-refractivity contribution is 5.95. The van der Waals surface area contributed by atoms with Crippen LogP contribution in [-0.2, 0) is 17.4 Å². The number of pyridine rings is 1. The molecule has 9 heteroatoms. The molecule has 140 valence electrons. The van der Waals surface area contributed by atoms with Crippen LogP contribution in [-0.4, -0.2) is 44.4 Å². The van der Waals surface area contributed by atoms with Crippen molar-refractivity contribution in [1.29, 1.82) is 0 Å². The van der Waals surface area contributed by atoms with Crippen LogP contribution >= 0.6 is 0 Å². The van der Waals surface area contributed by atoms with Crippen molar-refractivity contribution in [2.75, 3.05) is 13.1 Å². The van der Waals surface area contributed by atoms with Gasteiger partial charge >= 0.3 is 12.1 Å². The monoisotopic (exact) mass is 369 g/mol. The molecule has 0 saturated carbocycles. The van der Waals surface area contributed by atoms with Crippen molar-refractivity contribution in [2.45, 2.75) is 32.4 Å². The Labute approximate surface area is 147 Å². The summed E-state index contributed by atoms with van der Waals surface area (Å²) in [4.78, 5) is 29.8. The summed E-state index contributed by atoms with van der Waals surface area (Å²) >= 11 is 0. The number of alkyl halides is 3. The molecule has 26 heavy (non-hydrogen) atoms. The number of carboxylic acids is 1. The average Bonchev–Trinajstić information content (AvgIpc) is 2.98. The van der Waals surface area contributed by atoms with Gasteiger partial charge in [0.05, 0.1) is 17.2 Å². The fourth-order valence-corrected chi connectivity index (χ4v) is 3.25. The van der Waals surface area contributed by atoms with Gasteiger partial charge in [0.25, 0.3) is 5.91 Å². The number of carboxylic acid groups (broad SMARTS) is 1. The van der Waals surface area contributed by atoms with Gasteiger partial charge in [0, 0.05) is 19.3 Å². The molecule has 2 aromatic heterocycles. The molecule has 1 saturated heterocycles. The van der Waals surface area contributed by atoms with Gasteiger partial charge in [-0.25, -0.2) is 4.98 Å². The molecule has 1 unspecified atom stereocenters. The van der Waals surface area contributed by atoms with E-state index in [9.17, 15) is 27.9 Å². The van der Waals surface area contributed by atoms with Crippen LogP contribution in [0.5, 0.6) is 0 Å². The molecular formula is C17H18F3N3O3. The van der Waals surface area contributed by atoms with Gasteiger partial charge in [0.1, 0.15) is 11.3 Å². The summed E-state index contributed by atoms with van der Waals surface area (Å²) in [6, 6.07) is 2.16. The first kappa shape index (κ1) is 18.2. The van der Waals surface area contributed by atoms with Crippen molar-refractivity contribution < 1.29 is 27.9 Å². The number of aromatic nitrogens is 2. The average molecular weight is 369 g/mol. The van der Waals surface area contributed by atoms with Gasteiger partial charge < -0.3 is 10.0 Å². The van der Waals surface area contributed by atoms with Gasteiger partial charge in [-0.15, -0.1) is 0 Å². The third-order valence-corrected chi connectivity index (χ3v) is 4.61. The predicted octanol–water partition coefficient (Wildman–Crippen LogP) is 2.85. The van der Waals surface area contributed by atoms with Crippen LogP contribution in [0.4, 0.5) is 13.2 Å². The molecule has 3 heterocycles. The molecule has 1 aliphatic heterocycles. The van der Waals surface area contributed by atoms with Crippen molar-refractivity contribution in [1.82, 2.24) is 14.3 Å². The molecule has 1 atom stereocenters. The molecule has 1 aliphatic rings. The molecule has 1 amide bonds. The van der Waals surface area contributed by atoms with Crippen LogP contribution in [0.1, 0.15) is 41.5 Å². The molecule has 0 spiro atoms. The number of likely N-dealkylation sites (tertiary alicyclic amines) is 1. The lowest BCUT2D eigenvalue weighted by Gasteiger charge is -2.30. The summed E-state index contributed by atoms with van der Waals surface area (Å²) in [6.07, 6.45) is -2.28. The van der Waals surface area contributed by atoms with Crippen molar-refractivity contribution in [3.05, 3.63) is 35.3 Å². The number of carbonyl (C=O) groups excluding carboxylic acids is 1. The number of carbonyl (C=O) groups is 2. The second-order valence-corrected chi connectivity index (χ2v) is 6.33. The number of imidazole rings is 1. The van der Waals surface area contributed by atoms with E-state index in [-0.39, 0.29) is 17.9 Å². The topological polar surface area (TPSA) is 74.9 Å². The van der Waals surface area contributed by atoms with Gasteiger partial charge in [-0.3, -0.25) is 14.0 Å². The van der Waals surface area contributed by atoms with Crippen molar-refractivity contribution in [2.24, 2.45) is 5.92 Å². The molecule has 0 radical (unpaired) electrons. The number of hydrogen-bond donors (Lipinski definition) is 1. The summed E-state index contributed by atoms with van der Waals surface area (Å²) in [5, 5.41) is 9.19. The molecule has 0 aliphatic carbocycles. The lowest BCUT2D eigenvalue weighted by Crippen LogP contribution is -2.43. The van der Waals surface area contributed by atoms with Crippen LogP contribution < -0.4 is 0 Å². The van der Waals surface area contributed by atoms with E-state index in [0.29, 0.717) is 31.5 Å². The summed E-state index contributed by atoms with van der Waals surface area (Å²) in [7, 11) is 0. The lowest BCUT2D eigenvalue weighted by atomic mass is 9.98. The number of piperidine rings is 1. The van der Waals surface area contributed by atoms with E-state index in [2.05, 4.69) is 4.98 Å². The van der Waals surface area contributed by atoms with E-state index in [1.807, 2.05) is 0 Å². The Bertz CT molecular complexity index is 860. The van der Waals surface area contributed by atoms with Gasteiger partial charge in [-0.1, -0.05) is 6.92 Å². The first-order chi connectivity index (χ1) is 12.2. The third kappa shape index (κ3) is 3.25. The SMILES string of the molecule is CCc1nc2ccc(C(F)(F)F)cn2c1C(=O)N1CCCC(C(=O)O)C1. The quantitative estimate of drug-likeness (QED) is 0.903. The molecule has 1 fully saturated rings. The number of amides is 1. The van der Waals surface area contributed by atoms with E-state index in [4.69, 9.17) is 0 Å². The minimum Gasteiger partial charge on any atom is -0.481 e. The predicted molar refractivity (Wildman–Crippen MR) is 85.8 cm³/mol.